The maximum Gasteiger partial charge on any atom is 0.234 e. The molecule has 0 spiro atoms. The lowest BCUT2D eigenvalue weighted by atomic mass is 9.84. The van der Waals surface area contributed by atoms with Gasteiger partial charge in [-0.1, -0.05) is 20.8 Å². The van der Waals surface area contributed by atoms with E-state index < -0.39 is 4.75 Å². The summed E-state index contributed by atoms with van der Waals surface area (Å²) in [5.74, 6) is 1.82. The average Bonchev–Trinajstić information content (AvgIpc) is 3.25. The average molecular weight is 372 g/mol. The van der Waals surface area contributed by atoms with Crippen LogP contribution in [0.1, 0.15) is 58.7 Å². The number of carbonyl (C=O) groups is 1. The Morgan fingerprint density at radius 1 is 1.35 bits per heavy atom. The predicted octanol–water partition coefficient (Wildman–Crippen LogP) is 4.54. The van der Waals surface area contributed by atoms with E-state index in [0.717, 1.165) is 48.6 Å². The van der Waals surface area contributed by atoms with Gasteiger partial charge in [0.2, 0.25) is 5.91 Å². The van der Waals surface area contributed by atoms with Crippen molar-refractivity contribution in [3.8, 4) is 0 Å². The largest absolute Gasteiger partial charge is 0.368 e. The summed E-state index contributed by atoms with van der Waals surface area (Å²) in [6.45, 7) is 7.88. The molecule has 1 heterocycles. The summed E-state index contributed by atoms with van der Waals surface area (Å²) in [6, 6.07) is 6.48. The van der Waals surface area contributed by atoms with Crippen LogP contribution in [0.2, 0.25) is 0 Å². The minimum atomic E-state index is -0.404. The van der Waals surface area contributed by atoms with Crippen LogP contribution in [0.3, 0.4) is 0 Å². The molecular formula is C21H29N3OS. The summed E-state index contributed by atoms with van der Waals surface area (Å²) in [4.78, 5) is 18.0. The first-order valence-corrected chi connectivity index (χ1v) is 10.6. The fourth-order valence-corrected chi connectivity index (χ4v) is 5.07. The molecule has 2 aliphatic carbocycles. The van der Waals surface area contributed by atoms with Crippen LogP contribution in [-0.4, -0.2) is 20.2 Å². The number of aromatic nitrogens is 2. The van der Waals surface area contributed by atoms with Crippen LogP contribution in [0.4, 0.5) is 0 Å². The van der Waals surface area contributed by atoms with Crippen molar-refractivity contribution < 1.29 is 4.79 Å². The molecular weight excluding hydrogens is 342 g/mol. The van der Waals surface area contributed by atoms with Crippen molar-refractivity contribution in [1.29, 1.82) is 0 Å². The fourth-order valence-electron chi connectivity index (χ4n) is 3.72. The smallest absolute Gasteiger partial charge is 0.234 e. The van der Waals surface area contributed by atoms with Gasteiger partial charge in [0.05, 0.1) is 15.8 Å². The van der Waals surface area contributed by atoms with Gasteiger partial charge in [0, 0.05) is 17.9 Å². The molecule has 1 aromatic carbocycles. The molecule has 2 fully saturated rings. The molecule has 5 heteroatoms. The van der Waals surface area contributed by atoms with Crippen molar-refractivity contribution in [3.05, 3.63) is 24.0 Å². The SMILES string of the molecule is CC(C)(C)Cc1nc2cc(SC3(C(N)=O)CCC3)ccc2n1CC1CC1. The first kappa shape index (κ1) is 17.9. The molecule has 2 N–H and O–H groups in total. The Labute approximate surface area is 159 Å². The Morgan fingerprint density at radius 2 is 2.08 bits per heavy atom. The van der Waals surface area contributed by atoms with Crippen LogP contribution in [0.15, 0.2) is 23.1 Å². The lowest BCUT2D eigenvalue weighted by molar-refractivity contribution is -0.122. The molecule has 1 aromatic heterocycles. The first-order valence-electron chi connectivity index (χ1n) is 9.74. The number of thioether (sulfide) groups is 1. The number of nitrogens with two attached hydrogens (primary N) is 1. The molecule has 2 aromatic rings. The van der Waals surface area contributed by atoms with Crippen LogP contribution in [-0.2, 0) is 17.8 Å². The van der Waals surface area contributed by atoms with Crippen molar-refractivity contribution >= 4 is 28.7 Å². The molecule has 2 saturated carbocycles. The highest BCUT2D eigenvalue weighted by Crippen LogP contribution is 2.48. The standard InChI is InChI=1S/C21H29N3OS/c1-20(2,3)12-18-23-16-11-15(26-21(19(22)25)9-4-10-21)7-8-17(16)24(18)13-14-5-6-14/h7-8,11,14H,4-6,9-10,12-13H2,1-3H3,(H2,22,25). The van der Waals surface area contributed by atoms with Crippen LogP contribution < -0.4 is 5.73 Å². The Balaban J connectivity index is 1.68. The third kappa shape index (κ3) is 3.51. The Morgan fingerprint density at radius 3 is 2.62 bits per heavy atom. The third-order valence-electron chi connectivity index (χ3n) is 5.55. The number of imidazole rings is 1. The van der Waals surface area contributed by atoms with E-state index >= 15 is 0 Å². The Hall–Kier alpha value is -1.49. The fraction of sp³-hybridized carbons (Fsp3) is 0.619. The van der Waals surface area contributed by atoms with E-state index in [1.54, 1.807) is 11.8 Å². The third-order valence-corrected chi connectivity index (χ3v) is 7.04. The summed E-state index contributed by atoms with van der Waals surface area (Å²) < 4.78 is 2.03. The van der Waals surface area contributed by atoms with E-state index in [1.165, 1.54) is 24.2 Å². The predicted molar refractivity (Wildman–Crippen MR) is 107 cm³/mol. The van der Waals surface area contributed by atoms with E-state index in [9.17, 15) is 4.79 Å². The molecule has 2 aliphatic rings. The maximum atomic E-state index is 11.9. The minimum absolute atomic E-state index is 0.179. The number of carbonyl (C=O) groups excluding carboxylic acids is 1. The van der Waals surface area contributed by atoms with Crippen LogP contribution in [0.5, 0.6) is 0 Å². The molecule has 0 atom stereocenters. The number of nitrogens with zero attached hydrogens (tertiary/aromatic N) is 2. The molecule has 4 nitrogen and oxygen atoms in total. The zero-order chi connectivity index (χ0) is 18.5. The first-order chi connectivity index (χ1) is 12.3. The quantitative estimate of drug-likeness (QED) is 0.811. The second-order valence-electron chi connectivity index (χ2n) is 9.28. The van der Waals surface area contributed by atoms with E-state index in [1.807, 2.05) is 0 Å². The summed E-state index contributed by atoms with van der Waals surface area (Å²) >= 11 is 1.63. The number of benzene rings is 1. The van der Waals surface area contributed by atoms with Gasteiger partial charge < -0.3 is 10.3 Å². The van der Waals surface area contributed by atoms with Gasteiger partial charge in [-0.15, -0.1) is 11.8 Å². The van der Waals surface area contributed by atoms with Crippen LogP contribution in [0.25, 0.3) is 11.0 Å². The number of fused-ring (bicyclic) bond motifs is 1. The van der Waals surface area contributed by atoms with Gasteiger partial charge in [0.15, 0.2) is 0 Å². The molecule has 0 unspecified atom stereocenters. The second kappa shape index (κ2) is 6.29. The van der Waals surface area contributed by atoms with Crippen molar-refractivity contribution in [2.45, 2.75) is 75.5 Å². The topological polar surface area (TPSA) is 60.9 Å². The zero-order valence-electron chi connectivity index (χ0n) is 16.0. The highest BCUT2D eigenvalue weighted by molar-refractivity contribution is 8.01. The monoisotopic (exact) mass is 371 g/mol. The lowest BCUT2D eigenvalue weighted by Gasteiger charge is -2.37. The van der Waals surface area contributed by atoms with Crippen LogP contribution >= 0.6 is 11.8 Å². The van der Waals surface area contributed by atoms with Gasteiger partial charge in [0.1, 0.15) is 5.82 Å². The highest BCUT2D eigenvalue weighted by atomic mass is 32.2. The van der Waals surface area contributed by atoms with Gasteiger partial charge in [-0.05, 0) is 61.6 Å². The number of rotatable bonds is 6. The number of hydrogen-bond donors (Lipinski definition) is 1. The van der Waals surface area contributed by atoms with Gasteiger partial charge >= 0.3 is 0 Å². The van der Waals surface area contributed by atoms with Crippen molar-refractivity contribution in [3.63, 3.8) is 0 Å². The van der Waals surface area contributed by atoms with Gasteiger partial charge in [-0.3, -0.25) is 4.79 Å². The second-order valence-corrected chi connectivity index (χ2v) is 10.7. The summed E-state index contributed by atoms with van der Waals surface area (Å²) in [6.07, 6.45) is 6.51. The number of amides is 1. The molecule has 26 heavy (non-hydrogen) atoms. The van der Waals surface area contributed by atoms with E-state index in [-0.39, 0.29) is 11.3 Å². The zero-order valence-corrected chi connectivity index (χ0v) is 16.9. The summed E-state index contributed by atoms with van der Waals surface area (Å²) in [5.41, 5.74) is 8.16. The normalized spacial score (nSPS) is 19.5. The van der Waals surface area contributed by atoms with E-state index in [0.29, 0.717) is 0 Å². The molecule has 4 rings (SSSR count). The number of primary amides is 1. The highest BCUT2D eigenvalue weighted by Gasteiger charge is 2.43. The Kier molecular flexibility index (Phi) is 4.33. The van der Waals surface area contributed by atoms with Crippen molar-refractivity contribution in [2.24, 2.45) is 17.1 Å². The van der Waals surface area contributed by atoms with E-state index in [4.69, 9.17) is 10.7 Å². The van der Waals surface area contributed by atoms with Gasteiger partial charge in [0.25, 0.3) is 0 Å². The molecule has 0 aliphatic heterocycles. The molecule has 0 radical (unpaired) electrons. The van der Waals surface area contributed by atoms with Gasteiger partial charge in [-0.25, -0.2) is 4.98 Å². The van der Waals surface area contributed by atoms with Crippen LogP contribution in [0, 0.1) is 11.3 Å². The molecule has 1 amide bonds. The minimum Gasteiger partial charge on any atom is -0.368 e. The lowest BCUT2D eigenvalue weighted by Crippen LogP contribution is -2.46. The molecule has 0 saturated heterocycles. The molecule has 140 valence electrons. The van der Waals surface area contributed by atoms with E-state index in [2.05, 4.69) is 43.5 Å². The summed E-state index contributed by atoms with van der Waals surface area (Å²) in [5, 5.41) is 0. The maximum absolute atomic E-state index is 11.9. The number of hydrogen-bond acceptors (Lipinski definition) is 3. The van der Waals surface area contributed by atoms with Crippen molar-refractivity contribution in [1.82, 2.24) is 9.55 Å². The molecule has 0 bridgehead atoms. The van der Waals surface area contributed by atoms with Gasteiger partial charge in [-0.2, -0.15) is 0 Å². The Bertz CT molecular complexity index is 841. The van der Waals surface area contributed by atoms with Crippen molar-refractivity contribution in [2.75, 3.05) is 0 Å². The summed E-state index contributed by atoms with van der Waals surface area (Å²) in [7, 11) is 0.